The second-order valence-electron chi connectivity index (χ2n) is 8.83. The third-order valence-electron chi connectivity index (χ3n) is 6.83. The van der Waals surface area contributed by atoms with Gasteiger partial charge in [0.2, 0.25) is 5.89 Å². The number of para-hydroxylation sites is 2. The zero-order valence-corrected chi connectivity index (χ0v) is 18.6. The van der Waals surface area contributed by atoms with Crippen LogP contribution in [0.15, 0.2) is 118 Å². The molecule has 164 valence electrons. The van der Waals surface area contributed by atoms with Gasteiger partial charge in [-0.3, -0.25) is 0 Å². The van der Waals surface area contributed by atoms with E-state index in [0.717, 1.165) is 60.7 Å². The highest BCUT2D eigenvalue weighted by Gasteiger charge is 2.19. The number of aromatic nitrogens is 2. The number of oxazole rings is 1. The molecule has 0 saturated carbocycles. The zero-order valence-electron chi connectivity index (χ0n) is 18.6. The van der Waals surface area contributed by atoms with Gasteiger partial charge < -0.3 is 13.4 Å². The first kappa shape index (κ1) is 18.6. The van der Waals surface area contributed by atoms with Crippen LogP contribution >= 0.6 is 0 Å². The molecule has 35 heavy (non-hydrogen) atoms. The smallest absolute Gasteiger partial charge is 0.227 e. The molecule has 0 amide bonds. The number of fused-ring (bicyclic) bond motifs is 8. The maximum absolute atomic E-state index is 6.45. The minimum absolute atomic E-state index is 0.626. The Hall–Kier alpha value is -4.83. The molecule has 3 heterocycles. The van der Waals surface area contributed by atoms with Crippen molar-refractivity contribution in [1.82, 2.24) is 9.55 Å². The van der Waals surface area contributed by atoms with Crippen LogP contribution in [0.4, 0.5) is 0 Å². The highest BCUT2D eigenvalue weighted by atomic mass is 16.3. The van der Waals surface area contributed by atoms with E-state index in [1.165, 1.54) is 5.39 Å². The van der Waals surface area contributed by atoms with Crippen LogP contribution in [0.3, 0.4) is 0 Å². The van der Waals surface area contributed by atoms with Crippen LogP contribution in [-0.2, 0) is 0 Å². The second-order valence-corrected chi connectivity index (χ2v) is 8.83. The third kappa shape index (κ3) is 2.59. The van der Waals surface area contributed by atoms with E-state index in [0.29, 0.717) is 5.89 Å². The minimum Gasteiger partial charge on any atom is -0.456 e. The van der Waals surface area contributed by atoms with Gasteiger partial charge >= 0.3 is 0 Å². The van der Waals surface area contributed by atoms with Crippen LogP contribution in [0.1, 0.15) is 0 Å². The molecule has 0 aliphatic rings. The Kier molecular flexibility index (Phi) is 3.63. The van der Waals surface area contributed by atoms with Crippen molar-refractivity contribution in [1.29, 1.82) is 0 Å². The van der Waals surface area contributed by atoms with Gasteiger partial charge in [0.25, 0.3) is 0 Å². The lowest BCUT2D eigenvalue weighted by Crippen LogP contribution is -1.93. The predicted molar refractivity (Wildman–Crippen MR) is 141 cm³/mol. The van der Waals surface area contributed by atoms with Crippen molar-refractivity contribution >= 4 is 54.8 Å². The van der Waals surface area contributed by atoms with Gasteiger partial charge in [-0.15, -0.1) is 0 Å². The van der Waals surface area contributed by atoms with E-state index < -0.39 is 0 Å². The van der Waals surface area contributed by atoms with Crippen LogP contribution in [0.25, 0.3) is 72.0 Å². The number of rotatable bonds is 2. The lowest BCUT2D eigenvalue weighted by Gasteiger charge is -2.08. The first-order chi connectivity index (χ1) is 17.3. The molecule has 4 heteroatoms. The summed E-state index contributed by atoms with van der Waals surface area (Å²) < 4.78 is 14.8. The van der Waals surface area contributed by atoms with E-state index in [1.807, 2.05) is 48.5 Å². The molecule has 0 aliphatic heterocycles. The Balaban J connectivity index is 1.50. The van der Waals surface area contributed by atoms with Gasteiger partial charge in [-0.05, 0) is 54.6 Å². The molecule has 8 aromatic rings. The van der Waals surface area contributed by atoms with Crippen molar-refractivity contribution in [2.24, 2.45) is 0 Å². The molecule has 0 unspecified atom stereocenters. The normalized spacial score (nSPS) is 12.0. The van der Waals surface area contributed by atoms with Crippen LogP contribution in [0.5, 0.6) is 0 Å². The lowest BCUT2D eigenvalue weighted by atomic mass is 10.1. The number of nitrogens with zero attached hydrogens (tertiary/aromatic N) is 2. The molecule has 0 fully saturated rings. The fraction of sp³-hybridized carbons (Fsp3) is 0. The summed E-state index contributed by atoms with van der Waals surface area (Å²) in [4.78, 5) is 4.83. The van der Waals surface area contributed by atoms with Crippen molar-refractivity contribution < 1.29 is 8.83 Å². The van der Waals surface area contributed by atoms with E-state index in [9.17, 15) is 0 Å². The van der Waals surface area contributed by atoms with Crippen LogP contribution in [0.2, 0.25) is 0 Å². The monoisotopic (exact) mass is 450 g/mol. The summed E-state index contributed by atoms with van der Waals surface area (Å²) in [6.45, 7) is 0. The molecule has 0 bridgehead atoms. The summed E-state index contributed by atoms with van der Waals surface area (Å²) in [7, 11) is 0. The van der Waals surface area contributed by atoms with Gasteiger partial charge in [0.1, 0.15) is 16.7 Å². The van der Waals surface area contributed by atoms with Crippen molar-refractivity contribution in [3.8, 4) is 17.1 Å². The molecule has 0 spiro atoms. The molecule has 0 aliphatic carbocycles. The Labute approximate surface area is 199 Å². The van der Waals surface area contributed by atoms with E-state index in [-0.39, 0.29) is 0 Å². The number of hydrogen-bond donors (Lipinski definition) is 0. The standard InChI is InChI=1S/C31H18N2O2/c1-2-8-19(9-3-1)31-32-25-16-15-23-21-10-4-6-12-26(21)33(29(23)30(25)35-31)20-14-17-28-24(18-20)22-11-5-7-13-27(22)34-28/h1-18H. The first-order valence-electron chi connectivity index (χ1n) is 11.6. The molecule has 0 radical (unpaired) electrons. The van der Waals surface area contributed by atoms with Crippen LogP contribution in [-0.4, -0.2) is 9.55 Å². The Bertz CT molecular complexity index is 2060. The van der Waals surface area contributed by atoms with Gasteiger partial charge in [-0.2, -0.15) is 0 Å². The van der Waals surface area contributed by atoms with Gasteiger partial charge in [-0.1, -0.05) is 54.6 Å². The zero-order chi connectivity index (χ0) is 22.9. The summed E-state index contributed by atoms with van der Waals surface area (Å²) >= 11 is 0. The fourth-order valence-electron chi connectivity index (χ4n) is 5.26. The van der Waals surface area contributed by atoms with Gasteiger partial charge in [0.15, 0.2) is 5.58 Å². The number of furan rings is 1. The predicted octanol–water partition coefficient (Wildman–Crippen LogP) is 8.49. The summed E-state index contributed by atoms with van der Waals surface area (Å²) in [5.41, 5.74) is 7.57. The second kappa shape index (κ2) is 6.84. The fourth-order valence-corrected chi connectivity index (χ4v) is 5.26. The number of hydrogen-bond acceptors (Lipinski definition) is 3. The molecule has 0 atom stereocenters. The Morgan fingerprint density at radius 2 is 1.34 bits per heavy atom. The SMILES string of the molecule is c1ccc(-c2nc3ccc4c5ccccc5n(-c5ccc6oc7ccccc7c6c5)c4c3o2)cc1. The third-order valence-corrected chi connectivity index (χ3v) is 6.83. The summed E-state index contributed by atoms with van der Waals surface area (Å²) in [5, 5.41) is 4.53. The Morgan fingerprint density at radius 3 is 2.26 bits per heavy atom. The summed E-state index contributed by atoms with van der Waals surface area (Å²) in [6, 6.07) is 37.3. The van der Waals surface area contributed by atoms with Crippen molar-refractivity contribution in [2.45, 2.75) is 0 Å². The molecule has 8 rings (SSSR count). The molecule has 0 saturated heterocycles. The van der Waals surface area contributed by atoms with Gasteiger partial charge in [-0.25, -0.2) is 4.98 Å². The van der Waals surface area contributed by atoms with Crippen molar-refractivity contribution in [3.63, 3.8) is 0 Å². The quantitative estimate of drug-likeness (QED) is 0.265. The molecule has 4 nitrogen and oxygen atoms in total. The van der Waals surface area contributed by atoms with E-state index in [1.54, 1.807) is 0 Å². The van der Waals surface area contributed by atoms with Crippen LogP contribution < -0.4 is 0 Å². The van der Waals surface area contributed by atoms with Crippen molar-refractivity contribution in [2.75, 3.05) is 0 Å². The summed E-state index contributed by atoms with van der Waals surface area (Å²) in [5.74, 6) is 0.626. The maximum Gasteiger partial charge on any atom is 0.227 e. The topological polar surface area (TPSA) is 44.1 Å². The molecular weight excluding hydrogens is 432 g/mol. The minimum atomic E-state index is 0.626. The largest absolute Gasteiger partial charge is 0.456 e. The highest BCUT2D eigenvalue weighted by Crippen LogP contribution is 2.39. The van der Waals surface area contributed by atoms with E-state index in [2.05, 4.69) is 65.2 Å². The average molecular weight is 450 g/mol. The van der Waals surface area contributed by atoms with Gasteiger partial charge in [0.05, 0.1) is 11.0 Å². The van der Waals surface area contributed by atoms with E-state index in [4.69, 9.17) is 13.8 Å². The molecule has 5 aromatic carbocycles. The first-order valence-corrected chi connectivity index (χ1v) is 11.6. The summed E-state index contributed by atoms with van der Waals surface area (Å²) in [6.07, 6.45) is 0. The van der Waals surface area contributed by atoms with Crippen LogP contribution in [0, 0.1) is 0 Å². The molecule has 0 N–H and O–H groups in total. The van der Waals surface area contributed by atoms with E-state index >= 15 is 0 Å². The average Bonchev–Trinajstić information content (AvgIpc) is 3.60. The Morgan fingerprint density at radius 1 is 0.571 bits per heavy atom. The number of benzene rings is 5. The highest BCUT2D eigenvalue weighted by molar-refractivity contribution is 6.17. The van der Waals surface area contributed by atoms with Crippen molar-refractivity contribution in [3.05, 3.63) is 109 Å². The molecule has 3 aromatic heterocycles. The molecular formula is C31H18N2O2. The maximum atomic E-state index is 6.45. The lowest BCUT2D eigenvalue weighted by molar-refractivity contribution is 0.622. The van der Waals surface area contributed by atoms with Gasteiger partial charge in [0, 0.05) is 32.8 Å².